The molecule has 3 aromatic rings. The number of rotatable bonds is 6. The fraction of sp³-hybridized carbons (Fsp3) is 0.0625. The molecule has 0 atom stereocenters. The third kappa shape index (κ3) is 4.70. The molecule has 142 valence electrons. The van der Waals surface area contributed by atoms with Gasteiger partial charge in [0.1, 0.15) is 29.7 Å². The van der Waals surface area contributed by atoms with E-state index in [9.17, 15) is 25.9 Å². The largest absolute Gasteiger partial charge is 0.489 e. The molecule has 2 aromatic carbocycles. The minimum atomic E-state index is -5.15. The van der Waals surface area contributed by atoms with E-state index in [1.165, 1.54) is 12.1 Å². The molecular formula is C16H10F3NO6S. The number of ether oxygens (including phenoxy) is 1. The molecule has 0 amide bonds. The maximum absolute atomic E-state index is 14.2. The van der Waals surface area contributed by atoms with Crippen LogP contribution in [0.5, 0.6) is 11.5 Å². The Labute approximate surface area is 150 Å². The van der Waals surface area contributed by atoms with E-state index < -0.39 is 34.4 Å². The summed E-state index contributed by atoms with van der Waals surface area (Å²) in [6, 6.07) is 7.75. The number of hydrogen-bond acceptors (Lipinski definition) is 6. The maximum Gasteiger partial charge on any atom is 0.488 e. The monoisotopic (exact) mass is 401 g/mol. The molecule has 0 saturated carbocycles. The van der Waals surface area contributed by atoms with Crippen LogP contribution in [0.25, 0.3) is 11.3 Å². The summed E-state index contributed by atoms with van der Waals surface area (Å²) in [7, 11) is -5.15. The summed E-state index contributed by atoms with van der Waals surface area (Å²) < 4.78 is 75.2. The van der Waals surface area contributed by atoms with Crippen LogP contribution < -0.4 is 14.5 Å². The smallest absolute Gasteiger partial charge is 0.488 e. The van der Waals surface area contributed by atoms with E-state index in [4.69, 9.17) is 4.74 Å². The Bertz CT molecular complexity index is 1100. The van der Waals surface area contributed by atoms with Crippen molar-refractivity contribution in [1.29, 1.82) is 0 Å². The molecule has 0 aliphatic rings. The van der Waals surface area contributed by atoms with Gasteiger partial charge in [-0.3, -0.25) is 0 Å². The highest BCUT2D eigenvalue weighted by molar-refractivity contribution is 7.81. The summed E-state index contributed by atoms with van der Waals surface area (Å²) in [6.07, 6.45) is 0. The van der Waals surface area contributed by atoms with Gasteiger partial charge < -0.3 is 13.4 Å². The highest BCUT2D eigenvalue weighted by Crippen LogP contribution is 2.25. The van der Waals surface area contributed by atoms with Gasteiger partial charge in [0, 0.05) is 5.56 Å². The third-order valence-corrected chi connectivity index (χ3v) is 3.77. The topological polar surface area (TPSA) is 98.6 Å². The predicted molar refractivity (Wildman–Crippen MR) is 86.1 cm³/mol. The Kier molecular flexibility index (Phi) is 4.95. The first kappa shape index (κ1) is 18.6. The van der Waals surface area contributed by atoms with Crippen LogP contribution in [-0.2, 0) is 17.1 Å². The maximum atomic E-state index is 14.2. The molecule has 0 radical (unpaired) electrons. The molecule has 11 heteroatoms. The molecule has 1 aromatic heterocycles. The highest BCUT2D eigenvalue weighted by atomic mass is 32.3. The molecule has 0 bridgehead atoms. The summed E-state index contributed by atoms with van der Waals surface area (Å²) in [5.74, 6) is -1.97. The van der Waals surface area contributed by atoms with E-state index >= 15 is 0 Å². The average molecular weight is 401 g/mol. The zero-order valence-corrected chi connectivity index (χ0v) is 14.1. The first-order chi connectivity index (χ1) is 12.7. The van der Waals surface area contributed by atoms with E-state index in [1.54, 1.807) is 0 Å². The van der Waals surface area contributed by atoms with Crippen molar-refractivity contribution in [3.05, 3.63) is 70.1 Å². The lowest BCUT2D eigenvalue weighted by Crippen LogP contribution is -2.03. The summed E-state index contributed by atoms with van der Waals surface area (Å²) in [5, 5.41) is 2.24. The summed E-state index contributed by atoms with van der Waals surface area (Å²) in [6.45, 7) is -0.471. The van der Waals surface area contributed by atoms with Gasteiger partial charge in [-0.2, -0.15) is 8.42 Å². The second kappa shape index (κ2) is 7.19. The van der Waals surface area contributed by atoms with Gasteiger partial charge in [0.15, 0.2) is 0 Å². The predicted octanol–water partition coefficient (Wildman–Crippen LogP) is 3.09. The number of nitrogens with one attached hydrogen (secondary N) is 1. The summed E-state index contributed by atoms with van der Waals surface area (Å²) in [5.41, 5.74) is -0.861. The number of hydrogen-bond donors (Lipinski definition) is 1. The Morgan fingerprint density at radius 2 is 1.59 bits per heavy atom. The second-order valence-electron chi connectivity index (χ2n) is 5.24. The van der Waals surface area contributed by atoms with Crippen LogP contribution in [0.1, 0.15) is 5.56 Å². The molecular weight excluding hydrogens is 391 g/mol. The van der Waals surface area contributed by atoms with Gasteiger partial charge >= 0.3 is 16.1 Å². The SMILES string of the molecule is O=c1cc(-c2cc(F)c(COc3ccc(OS(=O)(=O)F)cc3)c(F)c2)[nH]o1. The minimum absolute atomic E-state index is 0.0773. The third-order valence-electron chi connectivity index (χ3n) is 3.38. The summed E-state index contributed by atoms with van der Waals surface area (Å²) in [4.78, 5) is 11.0. The number of benzene rings is 2. The van der Waals surface area contributed by atoms with Gasteiger partial charge in [-0.05, 0) is 36.4 Å². The zero-order chi connectivity index (χ0) is 19.6. The van der Waals surface area contributed by atoms with Crippen LogP contribution in [0, 0.1) is 11.6 Å². The Hall–Kier alpha value is -3.21. The van der Waals surface area contributed by atoms with Crippen molar-refractivity contribution in [1.82, 2.24) is 5.16 Å². The van der Waals surface area contributed by atoms with Crippen molar-refractivity contribution < 1.29 is 34.5 Å². The molecule has 1 N–H and O–H groups in total. The number of halogens is 3. The molecule has 3 rings (SSSR count). The molecule has 0 spiro atoms. The molecule has 0 unspecified atom stereocenters. The Morgan fingerprint density at radius 3 is 2.11 bits per heavy atom. The lowest BCUT2D eigenvalue weighted by molar-refractivity contribution is 0.292. The minimum Gasteiger partial charge on any atom is -0.489 e. The Balaban J connectivity index is 1.73. The first-order valence-corrected chi connectivity index (χ1v) is 8.56. The zero-order valence-electron chi connectivity index (χ0n) is 13.2. The second-order valence-corrected chi connectivity index (χ2v) is 6.19. The van der Waals surface area contributed by atoms with Gasteiger partial charge in [0.25, 0.3) is 0 Å². The lowest BCUT2D eigenvalue weighted by atomic mass is 10.1. The molecule has 0 aliphatic heterocycles. The quantitative estimate of drug-likeness (QED) is 0.638. The molecule has 1 heterocycles. The first-order valence-electron chi connectivity index (χ1n) is 7.25. The van der Waals surface area contributed by atoms with E-state index in [0.29, 0.717) is 0 Å². The van der Waals surface area contributed by atoms with E-state index in [0.717, 1.165) is 30.3 Å². The molecule has 0 saturated heterocycles. The molecule has 0 aliphatic carbocycles. The van der Waals surface area contributed by atoms with Crippen LogP contribution in [0.15, 0.2) is 51.8 Å². The van der Waals surface area contributed by atoms with Crippen LogP contribution in [0.2, 0.25) is 0 Å². The number of aromatic nitrogens is 1. The molecule has 27 heavy (non-hydrogen) atoms. The lowest BCUT2D eigenvalue weighted by Gasteiger charge is -2.10. The van der Waals surface area contributed by atoms with E-state index in [-0.39, 0.29) is 28.3 Å². The standard InChI is InChI=1S/C16H10F3NO6S/c17-13-5-9(15-7-16(21)25-20-15)6-14(18)12(13)8-24-10-1-3-11(4-2-10)26-27(19,22)23/h1-7,20H,8H2. The summed E-state index contributed by atoms with van der Waals surface area (Å²) >= 11 is 0. The molecule has 7 nitrogen and oxygen atoms in total. The van der Waals surface area contributed by atoms with Gasteiger partial charge in [0.2, 0.25) is 0 Å². The highest BCUT2D eigenvalue weighted by Gasteiger charge is 2.15. The van der Waals surface area contributed by atoms with Crippen molar-refractivity contribution in [3.63, 3.8) is 0 Å². The van der Waals surface area contributed by atoms with Gasteiger partial charge in [0.05, 0.1) is 17.3 Å². The van der Waals surface area contributed by atoms with Crippen molar-refractivity contribution in [3.8, 4) is 22.8 Å². The fourth-order valence-corrected chi connectivity index (χ4v) is 2.52. The fourth-order valence-electron chi connectivity index (χ4n) is 2.18. The van der Waals surface area contributed by atoms with Crippen LogP contribution in [0.4, 0.5) is 12.7 Å². The number of H-pyrrole nitrogens is 1. The Morgan fingerprint density at radius 1 is 1.00 bits per heavy atom. The van der Waals surface area contributed by atoms with Crippen LogP contribution in [0.3, 0.4) is 0 Å². The van der Waals surface area contributed by atoms with Gasteiger partial charge in [-0.25, -0.2) is 18.7 Å². The van der Waals surface area contributed by atoms with Gasteiger partial charge in [-0.15, -0.1) is 0 Å². The van der Waals surface area contributed by atoms with E-state index in [1.807, 2.05) is 0 Å². The molecule has 0 fully saturated rings. The average Bonchev–Trinajstić information content (AvgIpc) is 3.00. The van der Waals surface area contributed by atoms with Crippen LogP contribution >= 0.6 is 0 Å². The normalized spacial score (nSPS) is 11.4. The van der Waals surface area contributed by atoms with Crippen LogP contribution in [-0.4, -0.2) is 13.6 Å². The van der Waals surface area contributed by atoms with Crippen molar-refractivity contribution in [2.45, 2.75) is 6.61 Å². The van der Waals surface area contributed by atoms with E-state index in [2.05, 4.69) is 13.9 Å². The van der Waals surface area contributed by atoms with Crippen molar-refractivity contribution >= 4 is 10.5 Å². The number of aromatic amines is 1. The van der Waals surface area contributed by atoms with Crippen molar-refractivity contribution in [2.75, 3.05) is 0 Å². The van der Waals surface area contributed by atoms with Gasteiger partial charge in [-0.1, -0.05) is 3.89 Å². The van der Waals surface area contributed by atoms with Crippen molar-refractivity contribution in [2.24, 2.45) is 0 Å².